The van der Waals surface area contributed by atoms with Gasteiger partial charge in [-0.15, -0.1) is 0 Å². The van der Waals surface area contributed by atoms with E-state index in [0.717, 1.165) is 5.57 Å². The van der Waals surface area contributed by atoms with Crippen LogP contribution in [0.2, 0.25) is 0 Å². The van der Waals surface area contributed by atoms with Gasteiger partial charge < -0.3 is 21.1 Å². The molecule has 0 bridgehead atoms. The van der Waals surface area contributed by atoms with Crippen LogP contribution in [-0.2, 0) is 4.79 Å². The first-order valence-electron chi connectivity index (χ1n) is 10.6. The van der Waals surface area contributed by atoms with Crippen LogP contribution < -0.4 is 16.2 Å². The summed E-state index contributed by atoms with van der Waals surface area (Å²) in [6, 6.07) is 1.10. The van der Waals surface area contributed by atoms with E-state index in [4.69, 9.17) is 16.2 Å². The summed E-state index contributed by atoms with van der Waals surface area (Å²) in [6.07, 6.45) is 4.68. The minimum Gasteiger partial charge on any atom is -0.484 e. The number of halogens is 4. The largest absolute Gasteiger partial charge is 0.484 e. The van der Waals surface area contributed by atoms with E-state index >= 15 is 4.39 Å². The number of alkyl halides is 1. The standard InChI is InChI=1S/C22H28F4N4O2/c23-16-11-18(24)20(19(25)12-16)32-17-2-7-30(8-3-17)21(31)22(26)4-9-29(10-5-22)14-15(13-28)1-6-27/h1,6,11-13,17H,2-5,7-10,14,27-28H2/b6-1-,15-13+. The first-order valence-corrected chi connectivity index (χ1v) is 10.6. The monoisotopic (exact) mass is 456 g/mol. The zero-order valence-corrected chi connectivity index (χ0v) is 17.7. The van der Waals surface area contributed by atoms with E-state index in [1.165, 1.54) is 17.3 Å². The van der Waals surface area contributed by atoms with Crippen molar-refractivity contribution < 1.29 is 27.1 Å². The molecule has 2 aliphatic rings. The lowest BCUT2D eigenvalue weighted by atomic mass is 9.90. The first-order chi connectivity index (χ1) is 15.3. The number of nitrogens with two attached hydrogens (primary N) is 2. The highest BCUT2D eigenvalue weighted by atomic mass is 19.2. The summed E-state index contributed by atoms with van der Waals surface area (Å²) in [7, 11) is 0. The van der Waals surface area contributed by atoms with Crippen LogP contribution in [0.25, 0.3) is 0 Å². The molecule has 0 atom stereocenters. The molecule has 176 valence electrons. The van der Waals surface area contributed by atoms with Crippen LogP contribution in [0.1, 0.15) is 25.7 Å². The lowest BCUT2D eigenvalue weighted by Crippen LogP contribution is -2.54. The van der Waals surface area contributed by atoms with Gasteiger partial charge in [-0.25, -0.2) is 17.6 Å². The van der Waals surface area contributed by atoms with Crippen molar-refractivity contribution in [3.8, 4) is 5.75 Å². The van der Waals surface area contributed by atoms with E-state index in [2.05, 4.69) is 0 Å². The minimum absolute atomic E-state index is 0.0679. The summed E-state index contributed by atoms with van der Waals surface area (Å²) in [6.45, 7) is 1.75. The van der Waals surface area contributed by atoms with Gasteiger partial charge in [0.2, 0.25) is 0 Å². The maximum absolute atomic E-state index is 15.4. The van der Waals surface area contributed by atoms with Crippen molar-refractivity contribution in [2.24, 2.45) is 11.5 Å². The number of piperidine rings is 2. The van der Waals surface area contributed by atoms with Crippen LogP contribution in [0.4, 0.5) is 17.6 Å². The SMILES string of the molecule is N/C=C\C(=C/N)CN1CCC(F)(C(=O)N2CCC(Oc3c(F)cc(F)cc3F)CC2)CC1. The number of carbonyl (C=O) groups is 1. The second kappa shape index (κ2) is 10.2. The lowest BCUT2D eigenvalue weighted by Gasteiger charge is -2.40. The van der Waals surface area contributed by atoms with Gasteiger partial charge in [0, 0.05) is 70.5 Å². The summed E-state index contributed by atoms with van der Waals surface area (Å²) in [4.78, 5) is 16.3. The maximum Gasteiger partial charge on any atom is 0.260 e. The summed E-state index contributed by atoms with van der Waals surface area (Å²) in [5.41, 5.74) is 9.80. The van der Waals surface area contributed by atoms with Crippen molar-refractivity contribution in [3.05, 3.63) is 53.6 Å². The molecule has 2 aliphatic heterocycles. The minimum atomic E-state index is -1.95. The quantitative estimate of drug-likeness (QED) is 0.508. The Morgan fingerprint density at radius 3 is 2.22 bits per heavy atom. The fourth-order valence-electron chi connectivity index (χ4n) is 4.09. The Morgan fingerprint density at radius 2 is 1.69 bits per heavy atom. The predicted octanol–water partition coefficient (Wildman–Crippen LogP) is 2.59. The van der Waals surface area contributed by atoms with Gasteiger partial charge >= 0.3 is 0 Å². The third kappa shape index (κ3) is 5.53. The topological polar surface area (TPSA) is 84.8 Å². The molecule has 0 aliphatic carbocycles. The molecule has 3 rings (SSSR count). The van der Waals surface area contributed by atoms with Gasteiger partial charge in [0.15, 0.2) is 23.1 Å². The van der Waals surface area contributed by atoms with E-state index in [9.17, 15) is 18.0 Å². The lowest BCUT2D eigenvalue weighted by molar-refractivity contribution is -0.149. The summed E-state index contributed by atoms with van der Waals surface area (Å²) in [5.74, 6) is -4.47. The zero-order chi connectivity index (χ0) is 23.3. The molecule has 0 spiro atoms. The fourth-order valence-corrected chi connectivity index (χ4v) is 4.09. The van der Waals surface area contributed by atoms with Crippen LogP contribution >= 0.6 is 0 Å². The number of rotatable bonds is 6. The molecule has 10 heteroatoms. The van der Waals surface area contributed by atoms with Crippen LogP contribution in [0.15, 0.2) is 36.2 Å². The third-order valence-electron chi connectivity index (χ3n) is 5.94. The van der Waals surface area contributed by atoms with Gasteiger partial charge in [-0.2, -0.15) is 0 Å². The Morgan fingerprint density at radius 1 is 1.09 bits per heavy atom. The average molecular weight is 456 g/mol. The van der Waals surface area contributed by atoms with Gasteiger partial charge in [-0.1, -0.05) is 0 Å². The zero-order valence-electron chi connectivity index (χ0n) is 17.7. The van der Waals surface area contributed by atoms with Gasteiger partial charge in [-0.05, 0) is 24.0 Å². The normalized spacial score (nSPS) is 20.6. The van der Waals surface area contributed by atoms with E-state index in [1.807, 2.05) is 4.90 Å². The number of amides is 1. The van der Waals surface area contributed by atoms with Crippen molar-refractivity contribution in [3.63, 3.8) is 0 Å². The highest BCUT2D eigenvalue weighted by Gasteiger charge is 2.44. The maximum atomic E-state index is 15.4. The molecule has 32 heavy (non-hydrogen) atoms. The smallest absolute Gasteiger partial charge is 0.260 e. The second-order valence-electron chi connectivity index (χ2n) is 8.15. The van der Waals surface area contributed by atoms with Gasteiger partial charge in [0.05, 0.1) is 0 Å². The van der Waals surface area contributed by atoms with Crippen LogP contribution in [0.5, 0.6) is 5.75 Å². The molecule has 2 saturated heterocycles. The number of hydrogen-bond acceptors (Lipinski definition) is 5. The van der Waals surface area contributed by atoms with Crippen molar-refractivity contribution in [2.45, 2.75) is 37.5 Å². The Balaban J connectivity index is 1.51. The third-order valence-corrected chi connectivity index (χ3v) is 5.94. The highest BCUT2D eigenvalue weighted by Crippen LogP contribution is 2.31. The Labute approximate surface area is 184 Å². The van der Waals surface area contributed by atoms with E-state index in [-0.39, 0.29) is 25.9 Å². The fraction of sp³-hybridized carbons (Fsp3) is 0.500. The molecule has 0 aromatic heterocycles. The Hall–Kier alpha value is -2.75. The number of hydrogen-bond donors (Lipinski definition) is 2. The summed E-state index contributed by atoms with van der Waals surface area (Å²) >= 11 is 0. The molecule has 0 unspecified atom stereocenters. The van der Waals surface area contributed by atoms with Gasteiger partial charge in [0.25, 0.3) is 5.91 Å². The number of ether oxygens (including phenoxy) is 1. The molecule has 0 radical (unpaired) electrons. The van der Waals surface area contributed by atoms with E-state index < -0.39 is 40.9 Å². The molecule has 1 amide bonds. The number of benzene rings is 1. The Bertz CT molecular complexity index is 854. The average Bonchev–Trinajstić information content (AvgIpc) is 2.77. The van der Waals surface area contributed by atoms with Crippen LogP contribution in [-0.4, -0.2) is 60.2 Å². The van der Waals surface area contributed by atoms with Crippen molar-refractivity contribution in [1.29, 1.82) is 0 Å². The summed E-state index contributed by atoms with van der Waals surface area (Å²) < 4.78 is 61.4. The first kappa shape index (κ1) is 23.9. The Kier molecular flexibility index (Phi) is 7.65. The van der Waals surface area contributed by atoms with Gasteiger partial charge in [-0.3, -0.25) is 9.69 Å². The van der Waals surface area contributed by atoms with Crippen LogP contribution in [0.3, 0.4) is 0 Å². The predicted molar refractivity (Wildman–Crippen MR) is 112 cm³/mol. The van der Waals surface area contributed by atoms with Crippen molar-refractivity contribution in [1.82, 2.24) is 9.80 Å². The molecule has 0 saturated carbocycles. The van der Waals surface area contributed by atoms with Crippen molar-refractivity contribution in [2.75, 3.05) is 32.7 Å². The number of likely N-dealkylation sites (tertiary alicyclic amines) is 2. The van der Waals surface area contributed by atoms with Gasteiger partial charge in [0.1, 0.15) is 11.9 Å². The van der Waals surface area contributed by atoms with E-state index in [0.29, 0.717) is 44.6 Å². The second-order valence-corrected chi connectivity index (χ2v) is 8.15. The molecular weight excluding hydrogens is 428 g/mol. The number of nitrogens with zero attached hydrogens (tertiary/aromatic N) is 2. The molecule has 2 heterocycles. The molecule has 2 fully saturated rings. The molecule has 1 aromatic carbocycles. The summed E-state index contributed by atoms with van der Waals surface area (Å²) in [5, 5.41) is 0. The molecular formula is C22H28F4N4O2. The molecule has 1 aromatic rings. The highest BCUT2D eigenvalue weighted by molar-refractivity contribution is 5.85. The molecule has 4 N–H and O–H groups in total. The van der Waals surface area contributed by atoms with E-state index in [1.54, 1.807) is 6.08 Å². The number of carbonyl (C=O) groups excluding carboxylic acids is 1. The van der Waals surface area contributed by atoms with Crippen LogP contribution in [0, 0.1) is 17.5 Å². The molecule has 6 nitrogen and oxygen atoms in total. The van der Waals surface area contributed by atoms with Crippen molar-refractivity contribution >= 4 is 5.91 Å².